The van der Waals surface area contributed by atoms with E-state index in [-0.39, 0.29) is 6.54 Å². The summed E-state index contributed by atoms with van der Waals surface area (Å²) in [5, 5.41) is 15.2. The minimum absolute atomic E-state index is 0.221. The van der Waals surface area contributed by atoms with E-state index in [0.29, 0.717) is 5.96 Å². The molecule has 1 heterocycles. The Morgan fingerprint density at radius 1 is 1.32 bits per heavy atom. The molecular formula is C14H17N3OS. The average molecular weight is 275 g/mol. The van der Waals surface area contributed by atoms with Crippen molar-refractivity contribution < 1.29 is 5.11 Å². The monoisotopic (exact) mass is 275 g/mol. The van der Waals surface area contributed by atoms with Gasteiger partial charge in [0.15, 0.2) is 5.96 Å². The van der Waals surface area contributed by atoms with Crippen LogP contribution < -0.4 is 11.1 Å². The fraction of sp³-hybridized carbons (Fsp3) is 0.214. The normalized spacial score (nSPS) is 14.9. The first-order valence-corrected chi connectivity index (χ1v) is 6.84. The highest BCUT2D eigenvalue weighted by atomic mass is 32.1. The van der Waals surface area contributed by atoms with Crippen molar-refractivity contribution in [1.82, 2.24) is 0 Å². The molecule has 1 unspecified atom stereocenters. The molecule has 100 valence electrons. The topological polar surface area (TPSA) is 70.6 Å². The van der Waals surface area contributed by atoms with E-state index in [4.69, 9.17) is 5.73 Å². The number of aliphatic imine (C=N–C) groups is 1. The minimum Gasteiger partial charge on any atom is -0.383 e. The van der Waals surface area contributed by atoms with Gasteiger partial charge in [-0.1, -0.05) is 24.3 Å². The van der Waals surface area contributed by atoms with Crippen LogP contribution in [0.4, 0.5) is 5.69 Å². The maximum atomic E-state index is 10.3. The van der Waals surface area contributed by atoms with Crippen LogP contribution in [0, 0.1) is 0 Å². The van der Waals surface area contributed by atoms with E-state index in [0.717, 1.165) is 10.6 Å². The zero-order valence-electron chi connectivity index (χ0n) is 10.7. The zero-order chi connectivity index (χ0) is 13.7. The first-order chi connectivity index (χ1) is 9.08. The molecule has 0 bridgehead atoms. The van der Waals surface area contributed by atoms with E-state index in [1.807, 2.05) is 47.8 Å². The van der Waals surface area contributed by atoms with E-state index in [2.05, 4.69) is 10.3 Å². The molecule has 4 nitrogen and oxygen atoms in total. The second-order valence-electron chi connectivity index (χ2n) is 4.44. The lowest BCUT2D eigenvalue weighted by molar-refractivity contribution is 0.0713. The van der Waals surface area contributed by atoms with Gasteiger partial charge in [0.2, 0.25) is 0 Å². The molecule has 0 saturated heterocycles. The number of anilines is 1. The van der Waals surface area contributed by atoms with Crippen molar-refractivity contribution in [3.63, 3.8) is 0 Å². The summed E-state index contributed by atoms with van der Waals surface area (Å²) in [6.45, 7) is 1.96. The lowest BCUT2D eigenvalue weighted by Gasteiger charge is -2.19. The summed E-state index contributed by atoms with van der Waals surface area (Å²) < 4.78 is 0. The van der Waals surface area contributed by atoms with Crippen LogP contribution in [0.15, 0.2) is 52.8 Å². The van der Waals surface area contributed by atoms with Gasteiger partial charge >= 0.3 is 0 Å². The second kappa shape index (κ2) is 5.86. The van der Waals surface area contributed by atoms with Crippen LogP contribution >= 0.6 is 11.3 Å². The second-order valence-corrected chi connectivity index (χ2v) is 5.39. The van der Waals surface area contributed by atoms with E-state index >= 15 is 0 Å². The van der Waals surface area contributed by atoms with Crippen molar-refractivity contribution in [1.29, 1.82) is 0 Å². The number of para-hydroxylation sites is 1. The number of nitrogens with zero attached hydrogens (tertiary/aromatic N) is 1. The van der Waals surface area contributed by atoms with E-state index in [9.17, 15) is 5.11 Å². The van der Waals surface area contributed by atoms with Gasteiger partial charge in [-0.05, 0) is 30.5 Å². The van der Waals surface area contributed by atoms with Crippen LogP contribution in [0.1, 0.15) is 11.8 Å². The summed E-state index contributed by atoms with van der Waals surface area (Å²) in [6, 6.07) is 13.4. The molecule has 0 amide bonds. The van der Waals surface area contributed by atoms with Crippen LogP contribution in [0.25, 0.3) is 0 Å². The Labute approximate surface area is 116 Å². The highest BCUT2D eigenvalue weighted by Crippen LogP contribution is 2.25. The lowest BCUT2D eigenvalue weighted by Crippen LogP contribution is -2.29. The van der Waals surface area contributed by atoms with E-state index in [1.165, 1.54) is 11.3 Å². The van der Waals surface area contributed by atoms with Gasteiger partial charge < -0.3 is 16.2 Å². The molecule has 0 saturated carbocycles. The number of guanidine groups is 1. The summed E-state index contributed by atoms with van der Waals surface area (Å²) in [7, 11) is 0. The molecule has 2 rings (SSSR count). The maximum Gasteiger partial charge on any atom is 0.193 e. The largest absolute Gasteiger partial charge is 0.383 e. The smallest absolute Gasteiger partial charge is 0.193 e. The van der Waals surface area contributed by atoms with Crippen LogP contribution in [0.5, 0.6) is 0 Å². The molecule has 0 aliphatic rings. The third-order valence-electron chi connectivity index (χ3n) is 2.66. The number of thiophene rings is 1. The van der Waals surface area contributed by atoms with Crippen LogP contribution in [-0.2, 0) is 5.60 Å². The van der Waals surface area contributed by atoms with Gasteiger partial charge in [0.05, 0.1) is 6.54 Å². The molecule has 0 radical (unpaired) electrons. The Balaban J connectivity index is 1.98. The van der Waals surface area contributed by atoms with Crippen molar-refractivity contribution in [3.05, 3.63) is 52.7 Å². The first kappa shape index (κ1) is 13.6. The summed E-state index contributed by atoms with van der Waals surface area (Å²) >= 11 is 1.51. The van der Waals surface area contributed by atoms with Crippen molar-refractivity contribution >= 4 is 23.0 Å². The Morgan fingerprint density at radius 3 is 2.68 bits per heavy atom. The van der Waals surface area contributed by atoms with Gasteiger partial charge in [0, 0.05) is 10.6 Å². The Kier molecular flexibility index (Phi) is 4.19. The summed E-state index contributed by atoms with van der Waals surface area (Å²) in [5.41, 5.74) is 5.68. The molecule has 0 spiro atoms. The minimum atomic E-state index is -0.989. The van der Waals surface area contributed by atoms with Crippen LogP contribution in [-0.4, -0.2) is 17.6 Å². The van der Waals surface area contributed by atoms with Crippen LogP contribution in [0.3, 0.4) is 0 Å². The molecule has 5 heteroatoms. The first-order valence-electron chi connectivity index (χ1n) is 5.96. The molecule has 19 heavy (non-hydrogen) atoms. The summed E-state index contributed by atoms with van der Waals surface area (Å²) in [6.07, 6.45) is 0. The molecule has 1 aromatic carbocycles. The molecule has 2 aromatic rings. The fourth-order valence-corrected chi connectivity index (χ4v) is 2.39. The van der Waals surface area contributed by atoms with E-state index in [1.54, 1.807) is 6.92 Å². The predicted octanol–water partition coefficient (Wildman–Crippen LogP) is 2.38. The third kappa shape index (κ3) is 3.81. The molecule has 1 atom stereocenters. The maximum absolute atomic E-state index is 10.3. The number of benzene rings is 1. The molecule has 4 N–H and O–H groups in total. The van der Waals surface area contributed by atoms with Crippen LogP contribution in [0.2, 0.25) is 0 Å². The predicted molar refractivity (Wildman–Crippen MR) is 80.4 cm³/mol. The standard InChI is InChI=1S/C14H17N3OS/c1-14(18,12-8-5-9-19-12)10-16-13(15)17-11-6-3-2-4-7-11/h2-9,18H,10H2,1H3,(H3,15,16,17). The zero-order valence-corrected chi connectivity index (χ0v) is 11.5. The Bertz CT molecular complexity index is 535. The van der Waals surface area contributed by atoms with Crippen molar-refractivity contribution in [2.45, 2.75) is 12.5 Å². The van der Waals surface area contributed by atoms with Gasteiger partial charge in [-0.3, -0.25) is 0 Å². The lowest BCUT2D eigenvalue weighted by atomic mass is 10.1. The highest BCUT2D eigenvalue weighted by Gasteiger charge is 2.23. The van der Waals surface area contributed by atoms with Crippen molar-refractivity contribution in [3.8, 4) is 0 Å². The summed E-state index contributed by atoms with van der Waals surface area (Å²) in [4.78, 5) is 5.07. The number of hydrogen-bond donors (Lipinski definition) is 3. The highest BCUT2D eigenvalue weighted by molar-refractivity contribution is 7.10. The molecular weight excluding hydrogens is 258 g/mol. The van der Waals surface area contributed by atoms with Gasteiger partial charge in [-0.25, -0.2) is 4.99 Å². The van der Waals surface area contributed by atoms with Gasteiger partial charge in [0.25, 0.3) is 0 Å². The number of hydrogen-bond acceptors (Lipinski definition) is 3. The number of aliphatic hydroxyl groups is 1. The Hall–Kier alpha value is -1.85. The number of nitrogens with two attached hydrogens (primary N) is 1. The molecule has 0 aliphatic carbocycles. The molecule has 1 aromatic heterocycles. The van der Waals surface area contributed by atoms with Gasteiger partial charge in [-0.15, -0.1) is 11.3 Å². The average Bonchev–Trinajstić information content (AvgIpc) is 2.92. The quantitative estimate of drug-likeness (QED) is 0.592. The SMILES string of the molecule is CC(O)(CN=C(N)Nc1ccccc1)c1cccs1. The number of rotatable bonds is 4. The summed E-state index contributed by atoms with van der Waals surface area (Å²) in [5.74, 6) is 0.294. The van der Waals surface area contributed by atoms with E-state index < -0.39 is 5.60 Å². The Morgan fingerprint density at radius 2 is 2.05 bits per heavy atom. The molecule has 0 fully saturated rings. The van der Waals surface area contributed by atoms with Crippen molar-refractivity contribution in [2.75, 3.05) is 11.9 Å². The van der Waals surface area contributed by atoms with Gasteiger partial charge in [0.1, 0.15) is 5.60 Å². The number of nitrogens with one attached hydrogen (secondary N) is 1. The van der Waals surface area contributed by atoms with Gasteiger partial charge in [-0.2, -0.15) is 0 Å². The third-order valence-corrected chi connectivity index (χ3v) is 3.78. The van der Waals surface area contributed by atoms with Crippen molar-refractivity contribution in [2.24, 2.45) is 10.7 Å². The molecule has 0 aliphatic heterocycles. The fourth-order valence-electron chi connectivity index (χ4n) is 1.61.